The van der Waals surface area contributed by atoms with E-state index in [-0.39, 0.29) is 23.4 Å². The van der Waals surface area contributed by atoms with Crippen LogP contribution in [0.1, 0.15) is 32.1 Å². The van der Waals surface area contributed by atoms with Gasteiger partial charge in [-0.2, -0.15) is 4.31 Å². The van der Waals surface area contributed by atoms with Crippen molar-refractivity contribution >= 4 is 21.9 Å². The number of piperidine rings is 1. The second-order valence-corrected chi connectivity index (χ2v) is 9.15. The molecule has 0 bridgehead atoms. The summed E-state index contributed by atoms with van der Waals surface area (Å²) in [5.41, 5.74) is 0. The molecular formula is C18H23FN2O5S. The molecule has 1 amide bonds. The first-order chi connectivity index (χ1) is 12.8. The predicted octanol–water partition coefficient (Wildman–Crippen LogP) is 1.60. The smallest absolute Gasteiger partial charge is 0.306 e. The van der Waals surface area contributed by atoms with E-state index >= 15 is 0 Å². The molecule has 2 fully saturated rings. The SMILES string of the molecule is O=C(N[C@@H]1CC[C@H](C(=O)O)C1)C1CCCN(S(=O)(=O)c2ccc(F)cc2)C1. The number of carboxylic acid groups (broad SMARTS) is 1. The Bertz CT molecular complexity index is 812. The third-order valence-electron chi connectivity index (χ3n) is 5.33. The minimum atomic E-state index is -3.78. The number of nitrogens with one attached hydrogen (secondary N) is 1. The fourth-order valence-corrected chi connectivity index (χ4v) is 5.31. The number of carboxylic acids is 1. The summed E-state index contributed by atoms with van der Waals surface area (Å²) < 4.78 is 39.8. The van der Waals surface area contributed by atoms with Crippen molar-refractivity contribution in [3.63, 3.8) is 0 Å². The lowest BCUT2D eigenvalue weighted by molar-refractivity contribution is -0.141. The van der Waals surface area contributed by atoms with E-state index < -0.39 is 33.6 Å². The lowest BCUT2D eigenvalue weighted by Crippen LogP contribution is -2.47. The van der Waals surface area contributed by atoms with E-state index in [1.165, 1.54) is 16.4 Å². The van der Waals surface area contributed by atoms with Crippen LogP contribution in [0.3, 0.4) is 0 Å². The number of rotatable bonds is 5. The Morgan fingerprint density at radius 2 is 1.81 bits per heavy atom. The molecule has 148 valence electrons. The van der Waals surface area contributed by atoms with Crippen molar-refractivity contribution in [1.29, 1.82) is 0 Å². The molecule has 1 saturated heterocycles. The number of nitrogens with zero attached hydrogens (tertiary/aromatic N) is 1. The van der Waals surface area contributed by atoms with Crippen LogP contribution in [0.2, 0.25) is 0 Å². The van der Waals surface area contributed by atoms with Crippen molar-refractivity contribution in [2.45, 2.75) is 43.0 Å². The number of amides is 1. The Kier molecular flexibility index (Phi) is 5.81. The molecule has 3 rings (SSSR count). The maximum atomic E-state index is 13.1. The Morgan fingerprint density at radius 3 is 2.44 bits per heavy atom. The summed E-state index contributed by atoms with van der Waals surface area (Å²) >= 11 is 0. The van der Waals surface area contributed by atoms with Crippen molar-refractivity contribution in [3.8, 4) is 0 Å². The summed E-state index contributed by atoms with van der Waals surface area (Å²) in [5, 5.41) is 11.9. The molecular weight excluding hydrogens is 375 g/mol. The summed E-state index contributed by atoms with van der Waals surface area (Å²) in [4.78, 5) is 23.6. The van der Waals surface area contributed by atoms with E-state index in [9.17, 15) is 22.4 Å². The molecule has 1 aromatic carbocycles. The zero-order valence-corrected chi connectivity index (χ0v) is 15.6. The summed E-state index contributed by atoms with van der Waals surface area (Å²) in [5.74, 6) is -2.50. The standard InChI is InChI=1S/C18H23FN2O5S/c19-14-4-7-16(8-5-14)27(25,26)21-9-1-2-13(11-21)17(22)20-15-6-3-12(10-15)18(23)24/h4-5,7-8,12-13,15H,1-3,6,9-11H2,(H,20,22)(H,23,24)/t12-,13?,15+/m0/s1. The van der Waals surface area contributed by atoms with Gasteiger partial charge in [0, 0.05) is 19.1 Å². The Hall–Kier alpha value is -2.00. The van der Waals surface area contributed by atoms with Gasteiger partial charge in [-0.3, -0.25) is 9.59 Å². The van der Waals surface area contributed by atoms with E-state index in [1.54, 1.807) is 0 Å². The highest BCUT2D eigenvalue weighted by molar-refractivity contribution is 7.89. The minimum absolute atomic E-state index is 0.00468. The second-order valence-electron chi connectivity index (χ2n) is 7.21. The van der Waals surface area contributed by atoms with Gasteiger partial charge in [-0.1, -0.05) is 0 Å². The Morgan fingerprint density at radius 1 is 1.11 bits per heavy atom. The van der Waals surface area contributed by atoms with Crippen molar-refractivity contribution in [3.05, 3.63) is 30.1 Å². The molecule has 1 unspecified atom stereocenters. The van der Waals surface area contributed by atoms with Crippen LogP contribution in [0.25, 0.3) is 0 Å². The van der Waals surface area contributed by atoms with Crippen molar-refractivity contribution in [1.82, 2.24) is 9.62 Å². The lowest BCUT2D eigenvalue weighted by atomic mass is 9.98. The van der Waals surface area contributed by atoms with E-state index in [0.717, 1.165) is 12.1 Å². The normalized spacial score (nSPS) is 26.6. The monoisotopic (exact) mass is 398 g/mol. The molecule has 1 aromatic rings. The molecule has 1 saturated carbocycles. The predicted molar refractivity (Wildman–Crippen MR) is 94.8 cm³/mol. The summed E-state index contributed by atoms with van der Waals surface area (Å²) in [6.07, 6.45) is 2.70. The lowest BCUT2D eigenvalue weighted by Gasteiger charge is -2.31. The zero-order chi connectivity index (χ0) is 19.6. The van der Waals surface area contributed by atoms with Crippen LogP contribution in [0.5, 0.6) is 0 Å². The molecule has 0 aromatic heterocycles. The highest BCUT2D eigenvalue weighted by atomic mass is 32.2. The molecule has 1 aliphatic heterocycles. The van der Waals surface area contributed by atoms with Crippen LogP contribution in [0.15, 0.2) is 29.2 Å². The number of benzene rings is 1. The molecule has 27 heavy (non-hydrogen) atoms. The van der Waals surface area contributed by atoms with E-state index in [1.807, 2.05) is 0 Å². The molecule has 7 nitrogen and oxygen atoms in total. The third kappa shape index (κ3) is 4.47. The van der Waals surface area contributed by atoms with E-state index in [0.29, 0.717) is 38.6 Å². The molecule has 2 N–H and O–H groups in total. The third-order valence-corrected chi connectivity index (χ3v) is 7.21. The second kappa shape index (κ2) is 7.93. The van der Waals surface area contributed by atoms with Gasteiger partial charge in [-0.25, -0.2) is 12.8 Å². The number of carbonyl (C=O) groups is 2. The van der Waals surface area contributed by atoms with Crippen LogP contribution >= 0.6 is 0 Å². The van der Waals surface area contributed by atoms with Gasteiger partial charge in [0.05, 0.1) is 16.7 Å². The number of carbonyl (C=O) groups excluding carboxylic acids is 1. The van der Waals surface area contributed by atoms with Gasteiger partial charge < -0.3 is 10.4 Å². The van der Waals surface area contributed by atoms with Gasteiger partial charge >= 0.3 is 5.97 Å². The van der Waals surface area contributed by atoms with Crippen LogP contribution in [-0.4, -0.2) is 48.8 Å². The maximum Gasteiger partial charge on any atom is 0.306 e. The number of halogens is 1. The van der Waals surface area contributed by atoms with E-state index in [4.69, 9.17) is 5.11 Å². The molecule has 3 atom stereocenters. The fourth-order valence-electron chi connectivity index (χ4n) is 3.79. The van der Waals surface area contributed by atoms with Gasteiger partial charge in [0.15, 0.2) is 0 Å². The van der Waals surface area contributed by atoms with Crippen LogP contribution in [0.4, 0.5) is 4.39 Å². The van der Waals surface area contributed by atoms with Gasteiger partial charge in [-0.05, 0) is 56.4 Å². The number of hydrogen-bond acceptors (Lipinski definition) is 4. The van der Waals surface area contributed by atoms with Gasteiger partial charge in [0.2, 0.25) is 15.9 Å². The van der Waals surface area contributed by atoms with E-state index in [2.05, 4.69) is 5.32 Å². The number of hydrogen-bond donors (Lipinski definition) is 2. The van der Waals surface area contributed by atoms with Crippen molar-refractivity contribution in [2.75, 3.05) is 13.1 Å². The highest BCUT2D eigenvalue weighted by Gasteiger charge is 2.36. The first kappa shape index (κ1) is 19.8. The highest BCUT2D eigenvalue weighted by Crippen LogP contribution is 2.28. The average Bonchev–Trinajstić information content (AvgIpc) is 3.11. The van der Waals surface area contributed by atoms with Gasteiger partial charge in [-0.15, -0.1) is 0 Å². The summed E-state index contributed by atoms with van der Waals surface area (Å²) in [6.45, 7) is 0.384. The Balaban J connectivity index is 1.63. The zero-order valence-electron chi connectivity index (χ0n) is 14.8. The van der Waals surface area contributed by atoms with Gasteiger partial charge in [0.1, 0.15) is 5.82 Å². The fraction of sp³-hybridized carbons (Fsp3) is 0.556. The molecule has 1 aliphatic carbocycles. The van der Waals surface area contributed by atoms with Crippen LogP contribution < -0.4 is 5.32 Å². The van der Waals surface area contributed by atoms with Crippen molar-refractivity contribution < 1.29 is 27.5 Å². The molecule has 9 heteroatoms. The van der Waals surface area contributed by atoms with Crippen molar-refractivity contribution in [2.24, 2.45) is 11.8 Å². The van der Waals surface area contributed by atoms with Gasteiger partial charge in [0.25, 0.3) is 0 Å². The summed E-state index contributed by atoms with van der Waals surface area (Å²) in [7, 11) is -3.78. The number of aliphatic carboxylic acids is 1. The quantitative estimate of drug-likeness (QED) is 0.784. The molecule has 1 heterocycles. The summed E-state index contributed by atoms with van der Waals surface area (Å²) in [6, 6.07) is 4.46. The maximum absolute atomic E-state index is 13.1. The molecule has 2 aliphatic rings. The Labute approximate surface area is 157 Å². The average molecular weight is 398 g/mol. The largest absolute Gasteiger partial charge is 0.481 e. The van der Waals surface area contributed by atoms with Crippen LogP contribution in [-0.2, 0) is 19.6 Å². The molecule has 0 spiro atoms. The van der Waals surface area contributed by atoms with Crippen LogP contribution in [0, 0.1) is 17.7 Å². The first-order valence-corrected chi connectivity index (χ1v) is 10.5. The minimum Gasteiger partial charge on any atom is -0.481 e. The first-order valence-electron chi connectivity index (χ1n) is 9.06. The number of sulfonamides is 1. The molecule has 0 radical (unpaired) electrons. The topological polar surface area (TPSA) is 104 Å².